The highest BCUT2D eigenvalue weighted by molar-refractivity contribution is 5.02. The van der Waals surface area contributed by atoms with Crippen molar-refractivity contribution < 1.29 is 44.6 Å². The van der Waals surface area contributed by atoms with Gasteiger partial charge in [0.25, 0.3) is 5.60 Å². The normalized spacial score (nSPS) is 24.8. The van der Waals surface area contributed by atoms with Gasteiger partial charge in [-0.25, -0.2) is 4.39 Å². The molecule has 2 rings (SSSR count). The minimum Gasteiger partial charge on any atom is -0.374 e. The molecule has 2 aliphatic rings. The molecule has 0 heterocycles. The van der Waals surface area contributed by atoms with E-state index in [9.17, 15) is 44.6 Å². The van der Waals surface area contributed by atoms with E-state index in [0.29, 0.717) is 11.8 Å². The van der Waals surface area contributed by atoms with Crippen LogP contribution in [0, 0.1) is 23.7 Å². The zero-order chi connectivity index (χ0) is 24.9. The lowest BCUT2D eigenvalue weighted by Gasteiger charge is -2.35. The second-order valence-electron chi connectivity index (χ2n) is 9.53. The van der Waals surface area contributed by atoms with Gasteiger partial charge in [0.2, 0.25) is 0 Å². The van der Waals surface area contributed by atoms with Gasteiger partial charge in [-0.3, -0.25) is 0 Å². The van der Waals surface area contributed by atoms with Crippen LogP contribution in [0.15, 0.2) is 24.1 Å². The third-order valence-electron chi connectivity index (χ3n) is 7.21. The average Bonchev–Trinajstić information content (AvgIpc) is 2.73. The fourth-order valence-electron chi connectivity index (χ4n) is 5.26. The highest BCUT2D eigenvalue weighted by atomic mass is 19.4. The molecule has 0 amide bonds. The van der Waals surface area contributed by atoms with Gasteiger partial charge in [0.1, 0.15) is 0 Å². The Balaban J connectivity index is 2.02. The summed E-state index contributed by atoms with van der Waals surface area (Å²) in [4.78, 5) is 0. The van der Waals surface area contributed by atoms with Crippen LogP contribution in [0.25, 0.3) is 0 Å². The summed E-state index contributed by atoms with van der Waals surface area (Å²) in [6.07, 6.45) is -5.88. The monoisotopic (exact) mass is 494 g/mol. The van der Waals surface area contributed by atoms with Gasteiger partial charge in [-0.2, -0.15) is 35.1 Å². The van der Waals surface area contributed by atoms with Crippen molar-refractivity contribution in [2.75, 3.05) is 0 Å². The van der Waals surface area contributed by atoms with Crippen LogP contribution >= 0.6 is 0 Å². The van der Waals surface area contributed by atoms with Crippen LogP contribution in [0.5, 0.6) is 0 Å². The second-order valence-corrected chi connectivity index (χ2v) is 9.53. The Hall–Kier alpha value is -1.19. The number of halogens is 9. The van der Waals surface area contributed by atoms with Crippen molar-refractivity contribution in [1.82, 2.24) is 0 Å². The van der Waals surface area contributed by atoms with Gasteiger partial charge in [-0.1, -0.05) is 44.3 Å². The van der Waals surface area contributed by atoms with E-state index in [1.807, 2.05) is 0 Å². The van der Waals surface area contributed by atoms with Crippen molar-refractivity contribution in [2.45, 2.75) is 95.0 Å². The van der Waals surface area contributed by atoms with Crippen LogP contribution in [0.3, 0.4) is 0 Å². The topological polar surface area (TPSA) is 20.2 Å². The summed E-state index contributed by atoms with van der Waals surface area (Å²) in [5.41, 5.74) is -5.11. The molecule has 1 nitrogen and oxygen atoms in total. The molecule has 192 valence electrons. The Labute approximate surface area is 188 Å². The molecule has 0 spiro atoms. The van der Waals surface area contributed by atoms with Crippen LogP contribution in [0.1, 0.15) is 77.0 Å². The molecule has 2 saturated carbocycles. The Bertz CT molecular complexity index is 648. The van der Waals surface area contributed by atoms with E-state index in [4.69, 9.17) is 0 Å². The molecule has 10 heteroatoms. The van der Waals surface area contributed by atoms with Crippen molar-refractivity contribution in [3.05, 3.63) is 24.1 Å². The largest absolute Gasteiger partial charge is 0.426 e. The summed E-state index contributed by atoms with van der Waals surface area (Å²) < 4.78 is 116. The Morgan fingerprint density at radius 3 is 1.79 bits per heavy atom. The number of hydrogen-bond acceptors (Lipinski definition) is 1. The van der Waals surface area contributed by atoms with Gasteiger partial charge in [-0.05, 0) is 62.2 Å². The number of allylic oxidation sites excluding steroid dienone is 3. The molecule has 0 aromatic carbocycles. The van der Waals surface area contributed by atoms with E-state index in [1.165, 1.54) is 38.2 Å². The number of aliphatic hydroxyl groups is 1. The zero-order valence-corrected chi connectivity index (χ0v) is 18.3. The Morgan fingerprint density at radius 2 is 1.30 bits per heavy atom. The van der Waals surface area contributed by atoms with Gasteiger partial charge < -0.3 is 5.11 Å². The lowest BCUT2D eigenvalue weighted by Crippen LogP contribution is -2.57. The first-order valence-electron chi connectivity index (χ1n) is 11.5. The van der Waals surface area contributed by atoms with E-state index >= 15 is 0 Å². The molecule has 0 aromatic heterocycles. The fourth-order valence-corrected chi connectivity index (χ4v) is 5.26. The van der Waals surface area contributed by atoms with Gasteiger partial charge in [0.15, 0.2) is 5.83 Å². The lowest BCUT2D eigenvalue weighted by atomic mass is 9.71. The molecule has 0 bridgehead atoms. The summed E-state index contributed by atoms with van der Waals surface area (Å²) in [7, 11) is 0. The average molecular weight is 494 g/mol. The number of rotatable bonds is 8. The molecule has 2 aliphatic carbocycles. The predicted molar refractivity (Wildman–Crippen MR) is 106 cm³/mol. The van der Waals surface area contributed by atoms with Gasteiger partial charge >= 0.3 is 18.4 Å². The van der Waals surface area contributed by atoms with Gasteiger partial charge in [0.05, 0.1) is 0 Å². The number of alkyl halides is 6. The van der Waals surface area contributed by atoms with Crippen LogP contribution in [-0.2, 0) is 0 Å². The molecule has 33 heavy (non-hydrogen) atoms. The number of hydrogen-bond donors (Lipinski definition) is 1. The predicted octanol–water partition coefficient (Wildman–Crippen LogP) is 8.65. The lowest BCUT2D eigenvalue weighted by molar-refractivity contribution is -0.372. The summed E-state index contributed by atoms with van der Waals surface area (Å²) in [6, 6.07) is 0. The second kappa shape index (κ2) is 11.5. The van der Waals surface area contributed by atoms with Crippen molar-refractivity contribution in [2.24, 2.45) is 23.7 Å². The van der Waals surface area contributed by atoms with Gasteiger partial charge in [0, 0.05) is 6.42 Å². The molecular formula is C23H31F9O. The maximum absolute atomic E-state index is 13.4. The van der Waals surface area contributed by atoms with Crippen molar-refractivity contribution in [1.29, 1.82) is 0 Å². The Kier molecular flexibility index (Phi) is 9.77. The van der Waals surface area contributed by atoms with Crippen molar-refractivity contribution >= 4 is 0 Å². The summed E-state index contributed by atoms with van der Waals surface area (Å²) in [5.74, 6) is -2.46. The minimum atomic E-state index is -6.08. The fraction of sp³-hybridized carbons (Fsp3) is 0.826. The first-order valence-corrected chi connectivity index (χ1v) is 11.5. The summed E-state index contributed by atoms with van der Waals surface area (Å²) in [5, 5.41) is 9.41. The van der Waals surface area contributed by atoms with Crippen molar-refractivity contribution in [3.63, 3.8) is 0 Å². The van der Waals surface area contributed by atoms with Crippen LogP contribution in [0.2, 0.25) is 0 Å². The molecule has 1 unspecified atom stereocenters. The molecular weight excluding hydrogens is 463 g/mol. The first-order chi connectivity index (χ1) is 15.2. The molecule has 0 saturated heterocycles. The van der Waals surface area contributed by atoms with Crippen LogP contribution in [0.4, 0.5) is 39.5 Å². The van der Waals surface area contributed by atoms with E-state index < -0.39 is 55.0 Å². The van der Waals surface area contributed by atoms with Crippen molar-refractivity contribution in [3.8, 4) is 0 Å². The molecule has 0 radical (unpaired) electrons. The molecule has 2 fully saturated rings. The summed E-state index contributed by atoms with van der Waals surface area (Å²) in [6.45, 7) is 0. The van der Waals surface area contributed by atoms with Gasteiger partial charge in [-0.15, -0.1) is 0 Å². The van der Waals surface area contributed by atoms with Crippen LogP contribution < -0.4 is 0 Å². The summed E-state index contributed by atoms with van der Waals surface area (Å²) >= 11 is 0. The zero-order valence-electron chi connectivity index (χ0n) is 18.3. The van der Waals surface area contributed by atoms with E-state index in [2.05, 4.69) is 0 Å². The quantitative estimate of drug-likeness (QED) is 0.264. The molecule has 0 aromatic rings. The first kappa shape index (κ1) is 28.1. The van der Waals surface area contributed by atoms with E-state index in [0.717, 1.165) is 25.7 Å². The third kappa shape index (κ3) is 7.65. The molecule has 0 aliphatic heterocycles. The van der Waals surface area contributed by atoms with Crippen LogP contribution in [-0.4, -0.2) is 23.1 Å². The van der Waals surface area contributed by atoms with E-state index in [1.54, 1.807) is 6.08 Å². The SMILES string of the molecule is OC(CC(C/C=C/C1CCC(C2CCCCC2)CC1)CC(F)=C(F)F)(C(F)(F)F)C(F)(F)F. The smallest absolute Gasteiger partial charge is 0.374 e. The molecule has 1 atom stereocenters. The van der Waals surface area contributed by atoms with E-state index in [-0.39, 0.29) is 5.92 Å². The highest BCUT2D eigenvalue weighted by Gasteiger charge is 2.70. The maximum atomic E-state index is 13.4. The third-order valence-corrected chi connectivity index (χ3v) is 7.21. The highest BCUT2D eigenvalue weighted by Crippen LogP contribution is 2.48. The molecule has 1 N–H and O–H groups in total. The Morgan fingerprint density at radius 1 is 0.788 bits per heavy atom. The maximum Gasteiger partial charge on any atom is 0.426 e. The minimum absolute atomic E-state index is 0.0907. The standard InChI is InChI=1S/C23H31F9O/c24-19(20(25)26)13-16(14-21(33,22(27,28)29)23(30,31)32)6-4-5-15-9-11-18(12-10-15)17-7-2-1-3-8-17/h4-5,15-18,33H,1-3,6-14H2/b5-4+.